The Hall–Kier alpha value is -1.26. The molecule has 0 aliphatic carbocycles. The Morgan fingerprint density at radius 2 is 2.00 bits per heavy atom. The summed E-state index contributed by atoms with van der Waals surface area (Å²) >= 11 is 0. The highest BCUT2D eigenvalue weighted by Crippen LogP contribution is 2.23. The highest BCUT2D eigenvalue weighted by molar-refractivity contribution is 5.37. The molecule has 78 valence electrons. The maximum absolute atomic E-state index is 9.31. The molecule has 0 atom stereocenters. The Bertz CT molecular complexity index is 262. The lowest BCUT2D eigenvalue weighted by molar-refractivity contribution is -0.00944. The number of aromatic hydroxyl groups is 1. The number of rotatable bonds is 6. The van der Waals surface area contributed by atoms with Crippen LogP contribution in [0.15, 0.2) is 24.3 Å². The molecule has 0 radical (unpaired) electrons. The van der Waals surface area contributed by atoms with Crippen LogP contribution in [0.3, 0.4) is 0 Å². The summed E-state index contributed by atoms with van der Waals surface area (Å²) in [6, 6.07) is 6.75. The van der Waals surface area contributed by atoms with E-state index in [4.69, 9.17) is 14.2 Å². The SMILES string of the molecule is COCCOCOc1ccccc1O. The average Bonchev–Trinajstić information content (AvgIpc) is 2.20. The largest absolute Gasteiger partial charge is 0.504 e. The number of ether oxygens (including phenoxy) is 3. The van der Waals surface area contributed by atoms with Gasteiger partial charge >= 0.3 is 0 Å². The van der Waals surface area contributed by atoms with Crippen molar-refractivity contribution >= 4 is 0 Å². The van der Waals surface area contributed by atoms with E-state index >= 15 is 0 Å². The molecule has 4 heteroatoms. The molecule has 0 spiro atoms. The van der Waals surface area contributed by atoms with E-state index in [1.165, 1.54) is 0 Å². The molecule has 0 bridgehead atoms. The van der Waals surface area contributed by atoms with Crippen LogP contribution in [-0.2, 0) is 9.47 Å². The molecule has 1 aromatic rings. The maximum atomic E-state index is 9.31. The molecule has 4 nitrogen and oxygen atoms in total. The number of para-hydroxylation sites is 2. The van der Waals surface area contributed by atoms with E-state index in [9.17, 15) is 5.11 Å². The van der Waals surface area contributed by atoms with Gasteiger partial charge in [-0.25, -0.2) is 0 Å². The number of hydrogen-bond donors (Lipinski definition) is 1. The van der Waals surface area contributed by atoms with Crippen LogP contribution >= 0.6 is 0 Å². The molecular formula is C10H14O4. The lowest BCUT2D eigenvalue weighted by Gasteiger charge is -2.07. The predicted octanol–water partition coefficient (Wildman–Crippen LogP) is 1.39. The van der Waals surface area contributed by atoms with Crippen LogP contribution in [0.1, 0.15) is 0 Å². The number of phenols is 1. The number of benzene rings is 1. The van der Waals surface area contributed by atoms with Crippen molar-refractivity contribution in [1.29, 1.82) is 0 Å². The monoisotopic (exact) mass is 198 g/mol. The van der Waals surface area contributed by atoms with Gasteiger partial charge in [0.15, 0.2) is 18.3 Å². The van der Waals surface area contributed by atoms with Gasteiger partial charge in [-0.3, -0.25) is 0 Å². The van der Waals surface area contributed by atoms with Crippen molar-refractivity contribution in [2.24, 2.45) is 0 Å². The lowest BCUT2D eigenvalue weighted by Crippen LogP contribution is -2.07. The smallest absolute Gasteiger partial charge is 0.189 e. The zero-order valence-corrected chi connectivity index (χ0v) is 8.10. The van der Waals surface area contributed by atoms with Crippen molar-refractivity contribution in [3.63, 3.8) is 0 Å². The molecule has 0 saturated carbocycles. The molecule has 0 aliphatic heterocycles. The van der Waals surface area contributed by atoms with Crippen LogP contribution < -0.4 is 4.74 Å². The minimum Gasteiger partial charge on any atom is -0.504 e. The summed E-state index contributed by atoms with van der Waals surface area (Å²) in [4.78, 5) is 0. The second-order valence-corrected chi connectivity index (χ2v) is 2.63. The van der Waals surface area contributed by atoms with Gasteiger partial charge in [-0.1, -0.05) is 12.1 Å². The molecule has 0 unspecified atom stereocenters. The number of phenolic OH excluding ortho intramolecular Hbond substituents is 1. The predicted molar refractivity (Wildman–Crippen MR) is 51.4 cm³/mol. The Balaban J connectivity index is 2.21. The zero-order valence-electron chi connectivity index (χ0n) is 8.10. The summed E-state index contributed by atoms with van der Waals surface area (Å²) in [6.07, 6.45) is 0. The first kappa shape index (κ1) is 10.8. The van der Waals surface area contributed by atoms with Crippen LogP contribution in [0, 0.1) is 0 Å². The molecule has 1 aromatic carbocycles. The van der Waals surface area contributed by atoms with Gasteiger partial charge in [-0.05, 0) is 12.1 Å². The van der Waals surface area contributed by atoms with Gasteiger partial charge in [0, 0.05) is 7.11 Å². The average molecular weight is 198 g/mol. The van der Waals surface area contributed by atoms with E-state index in [0.29, 0.717) is 19.0 Å². The first-order chi connectivity index (χ1) is 6.84. The molecule has 0 amide bonds. The van der Waals surface area contributed by atoms with E-state index in [0.717, 1.165) is 0 Å². The van der Waals surface area contributed by atoms with Crippen molar-refractivity contribution in [3.8, 4) is 11.5 Å². The molecular weight excluding hydrogens is 184 g/mol. The quantitative estimate of drug-likeness (QED) is 0.554. The van der Waals surface area contributed by atoms with Gasteiger partial charge < -0.3 is 19.3 Å². The van der Waals surface area contributed by atoms with Gasteiger partial charge in [0.2, 0.25) is 0 Å². The van der Waals surface area contributed by atoms with Crippen molar-refractivity contribution in [2.45, 2.75) is 0 Å². The second-order valence-electron chi connectivity index (χ2n) is 2.63. The third-order valence-corrected chi connectivity index (χ3v) is 1.59. The first-order valence-electron chi connectivity index (χ1n) is 4.32. The fourth-order valence-corrected chi connectivity index (χ4v) is 0.886. The molecule has 0 saturated heterocycles. The standard InChI is InChI=1S/C10H14O4/c1-12-6-7-13-8-14-10-5-3-2-4-9(10)11/h2-5,11H,6-8H2,1H3. The van der Waals surface area contributed by atoms with Crippen LogP contribution in [-0.4, -0.2) is 32.2 Å². The highest BCUT2D eigenvalue weighted by atomic mass is 16.7. The van der Waals surface area contributed by atoms with Crippen LogP contribution in [0.25, 0.3) is 0 Å². The van der Waals surface area contributed by atoms with Gasteiger partial charge in [0.25, 0.3) is 0 Å². The molecule has 1 N–H and O–H groups in total. The van der Waals surface area contributed by atoms with Gasteiger partial charge in [0.1, 0.15) is 0 Å². The van der Waals surface area contributed by atoms with E-state index < -0.39 is 0 Å². The third kappa shape index (κ3) is 3.64. The van der Waals surface area contributed by atoms with Crippen LogP contribution in [0.5, 0.6) is 11.5 Å². The fourth-order valence-electron chi connectivity index (χ4n) is 0.886. The number of hydrogen-bond acceptors (Lipinski definition) is 4. The lowest BCUT2D eigenvalue weighted by atomic mass is 10.3. The summed E-state index contributed by atoms with van der Waals surface area (Å²) in [6.45, 7) is 1.12. The Morgan fingerprint density at radius 1 is 1.21 bits per heavy atom. The summed E-state index contributed by atoms with van der Waals surface area (Å²) < 4.78 is 15.0. The van der Waals surface area contributed by atoms with Crippen molar-refractivity contribution in [2.75, 3.05) is 27.1 Å². The maximum Gasteiger partial charge on any atom is 0.189 e. The molecule has 0 aromatic heterocycles. The van der Waals surface area contributed by atoms with Crippen molar-refractivity contribution in [1.82, 2.24) is 0 Å². The number of methoxy groups -OCH3 is 1. The highest BCUT2D eigenvalue weighted by Gasteiger charge is 1.98. The van der Waals surface area contributed by atoms with Gasteiger partial charge in [-0.2, -0.15) is 0 Å². The molecule has 0 heterocycles. The summed E-state index contributed by atoms with van der Waals surface area (Å²) in [5, 5.41) is 9.31. The molecule has 1 rings (SSSR count). The van der Waals surface area contributed by atoms with Crippen molar-refractivity contribution in [3.05, 3.63) is 24.3 Å². The van der Waals surface area contributed by atoms with E-state index in [-0.39, 0.29) is 12.5 Å². The Labute approximate surface area is 83.0 Å². The van der Waals surface area contributed by atoms with Crippen LogP contribution in [0.2, 0.25) is 0 Å². The Morgan fingerprint density at radius 3 is 2.71 bits per heavy atom. The topological polar surface area (TPSA) is 47.9 Å². The normalized spacial score (nSPS) is 10.1. The minimum absolute atomic E-state index is 0.112. The summed E-state index contributed by atoms with van der Waals surface area (Å²) in [5.74, 6) is 0.535. The van der Waals surface area contributed by atoms with Gasteiger partial charge in [0.05, 0.1) is 13.2 Å². The summed E-state index contributed by atoms with van der Waals surface area (Å²) in [7, 11) is 1.60. The molecule has 0 aliphatic rings. The van der Waals surface area contributed by atoms with E-state index in [1.807, 2.05) is 0 Å². The van der Waals surface area contributed by atoms with E-state index in [2.05, 4.69) is 0 Å². The first-order valence-corrected chi connectivity index (χ1v) is 4.32. The van der Waals surface area contributed by atoms with Crippen LogP contribution in [0.4, 0.5) is 0 Å². The third-order valence-electron chi connectivity index (χ3n) is 1.59. The molecule has 0 fully saturated rings. The van der Waals surface area contributed by atoms with Gasteiger partial charge in [-0.15, -0.1) is 0 Å². The fraction of sp³-hybridized carbons (Fsp3) is 0.400. The molecule has 14 heavy (non-hydrogen) atoms. The van der Waals surface area contributed by atoms with Crippen molar-refractivity contribution < 1.29 is 19.3 Å². The summed E-state index contributed by atoms with van der Waals surface area (Å²) in [5.41, 5.74) is 0. The van der Waals surface area contributed by atoms with E-state index in [1.54, 1.807) is 31.4 Å². The Kier molecular flexibility index (Phi) is 4.82. The minimum atomic E-state index is 0.112. The zero-order chi connectivity index (χ0) is 10.2. The second kappa shape index (κ2) is 6.23.